The molecule has 2 aromatic carbocycles. The van der Waals surface area contributed by atoms with Gasteiger partial charge in [-0.2, -0.15) is 0 Å². The molecular weight excluding hydrogens is 376 g/mol. The normalized spacial score (nSPS) is 12.9. The molecule has 0 aromatic heterocycles. The Morgan fingerprint density at radius 3 is 3.00 bits per heavy atom. The van der Waals surface area contributed by atoms with Crippen LogP contribution in [0.5, 0.6) is 5.75 Å². The van der Waals surface area contributed by atoms with Crippen molar-refractivity contribution < 1.29 is 14.3 Å². The van der Waals surface area contributed by atoms with Gasteiger partial charge in [-0.1, -0.05) is 35.9 Å². The lowest BCUT2D eigenvalue weighted by molar-refractivity contribution is -0.137. The van der Waals surface area contributed by atoms with Gasteiger partial charge in [-0.3, -0.25) is 0 Å². The Kier molecular flexibility index (Phi) is 7.34. The first kappa shape index (κ1) is 20.2. The Morgan fingerprint density at radius 1 is 1.29 bits per heavy atom. The van der Waals surface area contributed by atoms with E-state index in [1.165, 1.54) is 6.08 Å². The number of benzene rings is 2. The van der Waals surface area contributed by atoms with Crippen LogP contribution in [-0.4, -0.2) is 32.2 Å². The standard InChI is InChI=1S/C22H25ClN2O3/c1-2-27-22(26)9-5-12-24-13-6-14-25-19-7-3-4-8-21(19)28-16-17-10-11-18(23)15-20(17)25/h3-5,7-11,15,24H,2,6,12-14,16H2,1H3/b9-5+. The molecule has 0 saturated carbocycles. The van der Waals surface area contributed by atoms with E-state index in [9.17, 15) is 4.79 Å². The highest BCUT2D eigenvalue weighted by atomic mass is 35.5. The molecule has 0 fully saturated rings. The number of nitrogens with zero attached hydrogens (tertiary/aromatic N) is 1. The third kappa shape index (κ3) is 5.27. The summed E-state index contributed by atoms with van der Waals surface area (Å²) < 4.78 is 10.8. The van der Waals surface area contributed by atoms with Gasteiger partial charge in [0.25, 0.3) is 0 Å². The Hall–Kier alpha value is -2.50. The smallest absolute Gasteiger partial charge is 0.330 e. The summed E-state index contributed by atoms with van der Waals surface area (Å²) in [5.74, 6) is 0.569. The molecule has 148 valence electrons. The number of ether oxygens (including phenoxy) is 2. The minimum atomic E-state index is -0.307. The zero-order chi connectivity index (χ0) is 19.8. The second-order valence-electron chi connectivity index (χ2n) is 6.39. The maximum atomic E-state index is 11.3. The molecule has 1 aliphatic rings. The molecule has 1 heterocycles. The average Bonchev–Trinajstić information content (AvgIpc) is 2.84. The molecule has 2 aromatic rings. The van der Waals surface area contributed by atoms with E-state index in [-0.39, 0.29) is 5.97 Å². The summed E-state index contributed by atoms with van der Waals surface area (Å²) in [6.45, 7) is 4.98. The number of carbonyl (C=O) groups is 1. The average molecular weight is 401 g/mol. The third-order valence-electron chi connectivity index (χ3n) is 4.42. The number of fused-ring (bicyclic) bond motifs is 2. The molecule has 1 N–H and O–H groups in total. The van der Waals surface area contributed by atoms with Crippen LogP contribution < -0.4 is 15.0 Å². The Balaban J connectivity index is 1.62. The van der Waals surface area contributed by atoms with Crippen LogP contribution in [0.25, 0.3) is 0 Å². The number of para-hydroxylation sites is 2. The van der Waals surface area contributed by atoms with Gasteiger partial charge in [0.05, 0.1) is 12.3 Å². The zero-order valence-corrected chi connectivity index (χ0v) is 16.7. The van der Waals surface area contributed by atoms with Gasteiger partial charge in [-0.25, -0.2) is 4.79 Å². The van der Waals surface area contributed by atoms with E-state index >= 15 is 0 Å². The number of hydrogen-bond acceptors (Lipinski definition) is 5. The van der Waals surface area contributed by atoms with Crippen LogP contribution >= 0.6 is 11.6 Å². The number of rotatable bonds is 8. The molecule has 0 saturated heterocycles. The van der Waals surface area contributed by atoms with Crippen LogP contribution in [0.1, 0.15) is 18.9 Å². The molecule has 0 bridgehead atoms. The summed E-state index contributed by atoms with van der Waals surface area (Å²) in [5.41, 5.74) is 3.25. The van der Waals surface area contributed by atoms with Crippen LogP contribution in [0.3, 0.4) is 0 Å². The van der Waals surface area contributed by atoms with E-state index in [1.807, 2.05) is 36.4 Å². The SMILES string of the molecule is CCOC(=O)/C=C/CNCCCN1c2cc(Cl)ccc2COc2ccccc21. The number of halogens is 1. The minimum absolute atomic E-state index is 0.307. The lowest BCUT2D eigenvalue weighted by Crippen LogP contribution is -2.24. The maximum absolute atomic E-state index is 11.3. The first-order chi connectivity index (χ1) is 13.7. The predicted molar refractivity (Wildman–Crippen MR) is 112 cm³/mol. The lowest BCUT2D eigenvalue weighted by atomic mass is 10.1. The molecule has 0 aliphatic carbocycles. The first-order valence-corrected chi connectivity index (χ1v) is 9.88. The van der Waals surface area contributed by atoms with Gasteiger partial charge >= 0.3 is 5.97 Å². The Morgan fingerprint density at radius 2 is 2.14 bits per heavy atom. The van der Waals surface area contributed by atoms with Gasteiger partial charge in [0.1, 0.15) is 12.4 Å². The first-order valence-electron chi connectivity index (χ1n) is 9.51. The van der Waals surface area contributed by atoms with E-state index in [4.69, 9.17) is 21.1 Å². The fraction of sp³-hybridized carbons (Fsp3) is 0.318. The quantitative estimate of drug-likeness (QED) is 0.402. The van der Waals surface area contributed by atoms with Crippen molar-refractivity contribution in [2.45, 2.75) is 20.0 Å². The van der Waals surface area contributed by atoms with Crippen LogP contribution in [0.15, 0.2) is 54.6 Å². The molecule has 0 spiro atoms. The van der Waals surface area contributed by atoms with Gasteiger partial charge in [-0.05, 0) is 44.2 Å². The predicted octanol–water partition coefficient (Wildman–Crippen LogP) is 4.47. The highest BCUT2D eigenvalue weighted by Crippen LogP contribution is 2.40. The van der Waals surface area contributed by atoms with E-state index < -0.39 is 0 Å². The molecule has 1 aliphatic heterocycles. The molecule has 0 atom stereocenters. The topological polar surface area (TPSA) is 50.8 Å². The molecule has 3 rings (SSSR count). The maximum Gasteiger partial charge on any atom is 0.330 e. The second kappa shape index (κ2) is 10.2. The van der Waals surface area contributed by atoms with Crippen molar-refractivity contribution in [3.8, 4) is 5.75 Å². The van der Waals surface area contributed by atoms with E-state index in [2.05, 4.69) is 16.3 Å². The van der Waals surface area contributed by atoms with Crippen molar-refractivity contribution in [3.05, 3.63) is 65.2 Å². The summed E-state index contributed by atoms with van der Waals surface area (Å²) in [7, 11) is 0. The van der Waals surface area contributed by atoms with Gasteiger partial charge < -0.3 is 19.7 Å². The number of esters is 1. The van der Waals surface area contributed by atoms with Crippen molar-refractivity contribution in [3.63, 3.8) is 0 Å². The van der Waals surface area contributed by atoms with Crippen molar-refractivity contribution in [2.24, 2.45) is 0 Å². The molecule has 0 radical (unpaired) electrons. The number of nitrogens with one attached hydrogen (secondary N) is 1. The van der Waals surface area contributed by atoms with Crippen LogP contribution in [0, 0.1) is 0 Å². The molecule has 6 heteroatoms. The summed E-state index contributed by atoms with van der Waals surface area (Å²) in [6.07, 6.45) is 4.16. The zero-order valence-electron chi connectivity index (χ0n) is 16.0. The third-order valence-corrected chi connectivity index (χ3v) is 4.65. The number of carbonyl (C=O) groups excluding carboxylic acids is 1. The van der Waals surface area contributed by atoms with Crippen molar-refractivity contribution in [2.75, 3.05) is 31.1 Å². The van der Waals surface area contributed by atoms with Crippen LogP contribution in [0.4, 0.5) is 11.4 Å². The van der Waals surface area contributed by atoms with Crippen LogP contribution in [-0.2, 0) is 16.1 Å². The lowest BCUT2D eigenvalue weighted by Gasteiger charge is -2.26. The highest BCUT2D eigenvalue weighted by Gasteiger charge is 2.21. The molecule has 0 unspecified atom stereocenters. The van der Waals surface area contributed by atoms with E-state index in [0.29, 0.717) is 24.8 Å². The fourth-order valence-electron chi connectivity index (χ4n) is 3.13. The Bertz CT molecular complexity index is 838. The Labute approximate surface area is 170 Å². The number of hydrogen-bond donors (Lipinski definition) is 1. The van der Waals surface area contributed by atoms with E-state index in [1.54, 1.807) is 13.0 Å². The highest BCUT2D eigenvalue weighted by molar-refractivity contribution is 6.30. The molecule has 0 amide bonds. The molecule has 28 heavy (non-hydrogen) atoms. The summed E-state index contributed by atoms with van der Waals surface area (Å²) in [4.78, 5) is 13.5. The minimum Gasteiger partial charge on any atom is -0.487 e. The van der Waals surface area contributed by atoms with E-state index in [0.717, 1.165) is 42.2 Å². The monoisotopic (exact) mass is 400 g/mol. The van der Waals surface area contributed by atoms with Crippen molar-refractivity contribution >= 4 is 28.9 Å². The van der Waals surface area contributed by atoms with Gasteiger partial charge in [-0.15, -0.1) is 0 Å². The van der Waals surface area contributed by atoms with Gasteiger partial charge in [0.2, 0.25) is 0 Å². The summed E-state index contributed by atoms with van der Waals surface area (Å²) >= 11 is 6.26. The fourth-order valence-corrected chi connectivity index (χ4v) is 3.30. The summed E-state index contributed by atoms with van der Waals surface area (Å²) in [5, 5.41) is 4.03. The largest absolute Gasteiger partial charge is 0.487 e. The van der Waals surface area contributed by atoms with Gasteiger partial charge in [0, 0.05) is 35.4 Å². The van der Waals surface area contributed by atoms with Crippen molar-refractivity contribution in [1.29, 1.82) is 0 Å². The van der Waals surface area contributed by atoms with Crippen LogP contribution in [0.2, 0.25) is 5.02 Å². The second-order valence-corrected chi connectivity index (χ2v) is 6.83. The van der Waals surface area contributed by atoms with Gasteiger partial charge in [0.15, 0.2) is 0 Å². The number of anilines is 2. The molecular formula is C22H25ClN2O3. The summed E-state index contributed by atoms with van der Waals surface area (Å²) in [6, 6.07) is 14.0. The molecule has 5 nitrogen and oxygen atoms in total. The van der Waals surface area contributed by atoms with Crippen molar-refractivity contribution in [1.82, 2.24) is 5.32 Å².